The predicted molar refractivity (Wildman–Crippen MR) is 172 cm³/mol. The fourth-order valence-electron chi connectivity index (χ4n) is 4.05. The molecule has 0 saturated carbocycles. The first-order valence-electron chi connectivity index (χ1n) is 14.7. The van der Waals surface area contributed by atoms with E-state index in [1.54, 1.807) is 12.1 Å². The third kappa shape index (κ3) is 16.6. The maximum Gasteiger partial charge on any atom is 0.490 e. The molecule has 1 unspecified atom stereocenters. The normalized spacial score (nSPS) is 11.4. The molecule has 0 fully saturated rings. The van der Waals surface area contributed by atoms with Crippen LogP contribution in [0.3, 0.4) is 0 Å². The highest BCUT2D eigenvalue weighted by Gasteiger charge is 2.38. The summed E-state index contributed by atoms with van der Waals surface area (Å²) >= 11 is 5.94. The fraction of sp³-hybridized carbons (Fsp3) is 0.364. The van der Waals surface area contributed by atoms with E-state index in [9.17, 15) is 18.0 Å². The van der Waals surface area contributed by atoms with Crippen LogP contribution in [0.2, 0.25) is 5.02 Å². The summed E-state index contributed by atoms with van der Waals surface area (Å²) in [5, 5.41) is 10.7. The number of carboxylic acids is 1. The number of alkyl halides is 3. The van der Waals surface area contributed by atoms with Crippen LogP contribution in [0.1, 0.15) is 49.7 Å². The number of ether oxygens (including phenoxy) is 2. The second-order valence-electron chi connectivity index (χ2n) is 10.2. The molecule has 3 aromatic carbocycles. The van der Waals surface area contributed by atoms with Gasteiger partial charge in [-0.2, -0.15) is 13.2 Å². The Morgan fingerprint density at radius 2 is 1.35 bits per heavy atom. The lowest BCUT2D eigenvalue weighted by molar-refractivity contribution is -0.192. The SMILES string of the molecule is NC(N)=NC(Cc1ccc(Cl)cc1)C(=O)NCCCCCCCCOc1ccc(OCc2ccccc2)cc1.O=C(O)C(F)(F)F. The number of guanidine groups is 1. The van der Waals surface area contributed by atoms with E-state index in [1.165, 1.54) is 0 Å². The fourth-order valence-corrected chi connectivity index (χ4v) is 4.17. The maximum atomic E-state index is 12.6. The number of unbranched alkanes of at least 4 members (excludes halogenated alkanes) is 5. The van der Waals surface area contributed by atoms with Crippen LogP contribution in [0, 0.1) is 0 Å². The van der Waals surface area contributed by atoms with Crippen molar-refractivity contribution in [3.05, 3.63) is 95.0 Å². The third-order valence-electron chi connectivity index (χ3n) is 6.40. The van der Waals surface area contributed by atoms with Gasteiger partial charge in [-0.3, -0.25) is 4.79 Å². The molecule has 0 heterocycles. The molecule has 0 bridgehead atoms. The number of carboxylic acid groups (broad SMARTS) is 1. The zero-order valence-corrected chi connectivity index (χ0v) is 26.1. The van der Waals surface area contributed by atoms with Gasteiger partial charge in [-0.15, -0.1) is 0 Å². The highest BCUT2D eigenvalue weighted by atomic mass is 35.5. The van der Waals surface area contributed by atoms with E-state index < -0.39 is 18.2 Å². The van der Waals surface area contributed by atoms with Gasteiger partial charge in [0.15, 0.2) is 5.96 Å². The van der Waals surface area contributed by atoms with Crippen molar-refractivity contribution in [3.63, 3.8) is 0 Å². The Bertz CT molecular complexity index is 1340. The number of benzene rings is 3. The van der Waals surface area contributed by atoms with Crippen molar-refractivity contribution in [2.24, 2.45) is 16.5 Å². The highest BCUT2D eigenvalue weighted by molar-refractivity contribution is 6.30. The molecule has 0 aliphatic carbocycles. The van der Waals surface area contributed by atoms with E-state index in [0.29, 0.717) is 31.2 Å². The van der Waals surface area contributed by atoms with E-state index in [2.05, 4.69) is 10.3 Å². The summed E-state index contributed by atoms with van der Waals surface area (Å²) in [6.45, 7) is 1.85. The Balaban J connectivity index is 0.000000942. The average molecular weight is 665 g/mol. The van der Waals surface area contributed by atoms with Gasteiger partial charge in [0.05, 0.1) is 6.61 Å². The van der Waals surface area contributed by atoms with Crippen molar-refractivity contribution in [2.75, 3.05) is 13.2 Å². The second-order valence-corrected chi connectivity index (χ2v) is 10.6. The largest absolute Gasteiger partial charge is 0.494 e. The van der Waals surface area contributed by atoms with Crippen LogP contribution in [0.15, 0.2) is 83.9 Å². The van der Waals surface area contributed by atoms with Gasteiger partial charge in [-0.1, -0.05) is 79.7 Å². The van der Waals surface area contributed by atoms with Gasteiger partial charge < -0.3 is 31.4 Å². The van der Waals surface area contributed by atoms with Gasteiger partial charge in [0.1, 0.15) is 24.1 Å². The summed E-state index contributed by atoms with van der Waals surface area (Å²) in [4.78, 5) is 25.6. The molecule has 0 radical (unpaired) electrons. The molecule has 13 heteroatoms. The van der Waals surface area contributed by atoms with E-state index in [1.807, 2.05) is 66.7 Å². The number of rotatable bonds is 17. The molecule has 9 nitrogen and oxygen atoms in total. The Morgan fingerprint density at radius 3 is 1.91 bits per heavy atom. The van der Waals surface area contributed by atoms with Crippen molar-refractivity contribution in [1.82, 2.24) is 5.32 Å². The Labute approximate surface area is 271 Å². The molecule has 3 rings (SSSR count). The minimum Gasteiger partial charge on any atom is -0.494 e. The molecule has 0 saturated heterocycles. The molecule has 6 N–H and O–H groups in total. The van der Waals surface area contributed by atoms with E-state index in [-0.39, 0.29) is 11.9 Å². The molecular weight excluding hydrogens is 625 g/mol. The van der Waals surface area contributed by atoms with E-state index in [0.717, 1.165) is 61.2 Å². The van der Waals surface area contributed by atoms with E-state index >= 15 is 0 Å². The van der Waals surface area contributed by atoms with Crippen LogP contribution in [0.25, 0.3) is 0 Å². The molecule has 250 valence electrons. The molecule has 3 aromatic rings. The molecule has 0 aromatic heterocycles. The number of aliphatic imine (C=N–C) groups is 1. The van der Waals surface area contributed by atoms with Crippen molar-refractivity contribution >= 4 is 29.4 Å². The quantitative estimate of drug-likeness (QED) is 0.0755. The summed E-state index contributed by atoms with van der Waals surface area (Å²) in [6.07, 6.45) is 1.66. The van der Waals surface area contributed by atoms with Crippen molar-refractivity contribution in [3.8, 4) is 11.5 Å². The topological polar surface area (TPSA) is 149 Å². The molecule has 0 spiro atoms. The van der Waals surface area contributed by atoms with Crippen molar-refractivity contribution in [1.29, 1.82) is 0 Å². The summed E-state index contributed by atoms with van der Waals surface area (Å²) in [5.74, 6) is -1.35. The number of amides is 1. The molecule has 1 amide bonds. The van der Waals surface area contributed by atoms with Gasteiger partial charge in [0.25, 0.3) is 0 Å². The van der Waals surface area contributed by atoms with Gasteiger partial charge in [-0.05, 0) is 60.4 Å². The van der Waals surface area contributed by atoms with Crippen LogP contribution in [-0.4, -0.2) is 48.3 Å². The average Bonchev–Trinajstić information content (AvgIpc) is 3.02. The van der Waals surface area contributed by atoms with Crippen molar-refractivity contribution in [2.45, 2.75) is 63.8 Å². The minimum atomic E-state index is -5.08. The summed E-state index contributed by atoms with van der Waals surface area (Å²) < 4.78 is 43.4. The van der Waals surface area contributed by atoms with Gasteiger partial charge >= 0.3 is 12.1 Å². The Kier molecular flexibility index (Phi) is 16.9. The summed E-state index contributed by atoms with van der Waals surface area (Å²) in [7, 11) is 0. The lowest BCUT2D eigenvalue weighted by Crippen LogP contribution is -2.38. The second kappa shape index (κ2) is 20.6. The number of aliphatic carboxylic acids is 1. The van der Waals surface area contributed by atoms with Crippen LogP contribution >= 0.6 is 11.6 Å². The predicted octanol–water partition coefficient (Wildman–Crippen LogP) is 6.27. The molecule has 46 heavy (non-hydrogen) atoms. The van der Waals surface area contributed by atoms with Crippen LogP contribution in [0.5, 0.6) is 11.5 Å². The lowest BCUT2D eigenvalue weighted by Gasteiger charge is -2.14. The third-order valence-corrected chi connectivity index (χ3v) is 6.66. The molecule has 1 atom stereocenters. The van der Waals surface area contributed by atoms with Crippen LogP contribution < -0.4 is 26.3 Å². The number of carbonyl (C=O) groups excluding carboxylic acids is 1. The van der Waals surface area contributed by atoms with E-state index in [4.69, 9.17) is 42.4 Å². The maximum absolute atomic E-state index is 12.6. The lowest BCUT2D eigenvalue weighted by atomic mass is 10.1. The number of hydrogen-bond donors (Lipinski definition) is 4. The summed E-state index contributed by atoms with van der Waals surface area (Å²) in [6, 6.07) is 24.5. The molecular formula is C33H40ClF3N4O5. The zero-order chi connectivity index (χ0) is 33.8. The van der Waals surface area contributed by atoms with Gasteiger partial charge in [0.2, 0.25) is 5.91 Å². The van der Waals surface area contributed by atoms with Crippen molar-refractivity contribution < 1.29 is 37.3 Å². The molecule has 0 aliphatic rings. The van der Waals surface area contributed by atoms with Crippen LogP contribution in [-0.2, 0) is 22.6 Å². The number of nitrogens with two attached hydrogens (primary N) is 2. The Morgan fingerprint density at radius 1 is 0.804 bits per heavy atom. The number of nitrogens with one attached hydrogen (secondary N) is 1. The molecule has 0 aliphatic heterocycles. The first kappa shape index (κ1) is 37.7. The van der Waals surface area contributed by atoms with Gasteiger partial charge in [-0.25, -0.2) is 9.79 Å². The monoisotopic (exact) mass is 664 g/mol. The number of halogens is 4. The summed E-state index contributed by atoms with van der Waals surface area (Å²) in [5.41, 5.74) is 13.2. The smallest absolute Gasteiger partial charge is 0.490 e. The Hall–Kier alpha value is -4.45. The number of nitrogens with zero attached hydrogens (tertiary/aromatic N) is 1. The standard InChI is InChI=1S/C31H39ClN4O3.C2HF3O2/c32-26-14-12-24(13-15-26)22-29(36-31(33)34)30(37)35-20-8-3-1-2-4-9-21-38-27-16-18-28(19-17-27)39-23-25-10-6-5-7-11-25;3-2(4,5)1(6)7/h5-7,10-19,29H,1-4,8-9,20-23H2,(H,35,37)(H4,33,34,36);(H,6,7). The zero-order valence-electron chi connectivity index (χ0n) is 25.3. The first-order valence-corrected chi connectivity index (χ1v) is 15.1. The minimum absolute atomic E-state index is 0.0991. The number of hydrogen-bond acceptors (Lipinski definition) is 5. The number of carbonyl (C=O) groups is 2. The van der Waals surface area contributed by atoms with Gasteiger partial charge in [0, 0.05) is 18.0 Å². The first-order chi connectivity index (χ1) is 21.9. The van der Waals surface area contributed by atoms with Crippen LogP contribution in [0.4, 0.5) is 13.2 Å². The highest BCUT2D eigenvalue weighted by Crippen LogP contribution is 2.19.